The molecule has 164 valence electrons. The Morgan fingerprint density at radius 1 is 1.00 bits per heavy atom. The van der Waals surface area contributed by atoms with Crippen molar-refractivity contribution in [3.05, 3.63) is 95.3 Å². The second-order valence-electron chi connectivity index (χ2n) is 7.06. The van der Waals surface area contributed by atoms with Crippen molar-refractivity contribution in [2.45, 2.75) is 11.6 Å². The average Bonchev–Trinajstić information content (AvgIpc) is 3.15. The van der Waals surface area contributed by atoms with Crippen molar-refractivity contribution in [3.8, 4) is 0 Å². The quantitative estimate of drug-likeness (QED) is 0.495. The number of rotatable bonds is 4. The van der Waals surface area contributed by atoms with Crippen molar-refractivity contribution < 1.29 is 27.2 Å². The highest BCUT2D eigenvalue weighted by molar-refractivity contribution is 8.00. The molecule has 4 rings (SSSR count). The van der Waals surface area contributed by atoms with Crippen LogP contribution in [0.15, 0.2) is 72.8 Å². The van der Waals surface area contributed by atoms with Crippen LogP contribution >= 0.6 is 11.8 Å². The van der Waals surface area contributed by atoms with Crippen molar-refractivity contribution >= 4 is 35.0 Å². The van der Waals surface area contributed by atoms with Crippen LogP contribution in [-0.2, 0) is 11.0 Å². The molecule has 1 aliphatic rings. The van der Waals surface area contributed by atoms with Gasteiger partial charge in [0, 0.05) is 16.9 Å². The summed E-state index contributed by atoms with van der Waals surface area (Å²) in [6.45, 7) is 0. The van der Waals surface area contributed by atoms with Gasteiger partial charge >= 0.3 is 6.18 Å². The molecule has 1 N–H and O–H groups in total. The van der Waals surface area contributed by atoms with E-state index in [0.717, 1.165) is 12.1 Å². The van der Waals surface area contributed by atoms with Gasteiger partial charge in [-0.1, -0.05) is 12.1 Å². The van der Waals surface area contributed by atoms with Crippen molar-refractivity contribution in [2.24, 2.45) is 0 Å². The van der Waals surface area contributed by atoms with E-state index in [9.17, 15) is 27.2 Å². The minimum atomic E-state index is -4.46. The van der Waals surface area contributed by atoms with Crippen molar-refractivity contribution in [3.63, 3.8) is 0 Å². The SMILES string of the molecule is O=C(Nc1cccc([C@@H]2SCC(=O)N2c2ccc(C(F)(F)F)cc2)c1)c1ccc(F)cc1. The monoisotopic (exact) mass is 460 g/mol. The second kappa shape index (κ2) is 8.66. The largest absolute Gasteiger partial charge is 0.416 e. The molecule has 9 heteroatoms. The lowest BCUT2D eigenvalue weighted by Gasteiger charge is -2.25. The van der Waals surface area contributed by atoms with Gasteiger partial charge in [0.2, 0.25) is 5.91 Å². The molecule has 0 unspecified atom stereocenters. The fourth-order valence-corrected chi connectivity index (χ4v) is 4.50. The molecule has 1 heterocycles. The van der Waals surface area contributed by atoms with E-state index in [1.54, 1.807) is 24.3 Å². The first kappa shape index (κ1) is 21.9. The first-order chi connectivity index (χ1) is 15.2. The van der Waals surface area contributed by atoms with Gasteiger partial charge in [0.1, 0.15) is 11.2 Å². The lowest BCUT2D eigenvalue weighted by molar-refractivity contribution is -0.137. The first-order valence-electron chi connectivity index (χ1n) is 9.50. The zero-order chi connectivity index (χ0) is 22.9. The van der Waals surface area contributed by atoms with Crippen LogP contribution in [0.5, 0.6) is 0 Å². The molecular formula is C23H16F4N2O2S. The normalized spacial score (nSPS) is 16.3. The number of carbonyl (C=O) groups is 2. The third kappa shape index (κ3) is 4.62. The third-order valence-corrected chi connectivity index (χ3v) is 6.09. The van der Waals surface area contributed by atoms with Gasteiger partial charge in [-0.15, -0.1) is 11.8 Å². The van der Waals surface area contributed by atoms with Crippen molar-refractivity contribution in [1.29, 1.82) is 0 Å². The number of anilines is 2. The summed E-state index contributed by atoms with van der Waals surface area (Å²) in [4.78, 5) is 26.4. The Hall–Kier alpha value is -3.33. The van der Waals surface area contributed by atoms with Crippen LogP contribution in [0.2, 0.25) is 0 Å². The molecule has 1 aliphatic heterocycles. The van der Waals surface area contributed by atoms with Crippen LogP contribution in [0.3, 0.4) is 0 Å². The molecule has 4 nitrogen and oxygen atoms in total. The molecule has 3 aromatic rings. The average molecular weight is 460 g/mol. The van der Waals surface area contributed by atoms with E-state index in [1.807, 2.05) is 0 Å². The van der Waals surface area contributed by atoms with Crippen molar-refractivity contribution in [1.82, 2.24) is 0 Å². The summed E-state index contributed by atoms with van der Waals surface area (Å²) in [5, 5.41) is 2.28. The van der Waals surface area contributed by atoms with Crippen LogP contribution in [0.25, 0.3) is 0 Å². The Kier molecular flexibility index (Phi) is 5.92. The summed E-state index contributed by atoms with van der Waals surface area (Å²) in [6, 6.07) is 16.4. The molecule has 0 aromatic heterocycles. The molecule has 2 amide bonds. The Labute approximate surface area is 185 Å². The van der Waals surface area contributed by atoms with Gasteiger partial charge in [0.15, 0.2) is 0 Å². The number of halogens is 4. The smallest absolute Gasteiger partial charge is 0.322 e. The van der Waals surface area contributed by atoms with E-state index in [4.69, 9.17) is 0 Å². The highest BCUT2D eigenvalue weighted by atomic mass is 32.2. The predicted molar refractivity (Wildman–Crippen MR) is 115 cm³/mol. The zero-order valence-electron chi connectivity index (χ0n) is 16.4. The fraction of sp³-hybridized carbons (Fsp3) is 0.130. The lowest BCUT2D eigenvalue weighted by atomic mass is 10.1. The molecule has 1 fully saturated rings. The summed E-state index contributed by atoms with van der Waals surface area (Å²) >= 11 is 1.34. The van der Waals surface area contributed by atoms with Crippen LogP contribution in [-0.4, -0.2) is 17.6 Å². The summed E-state index contributed by atoms with van der Waals surface area (Å²) in [5.41, 5.74) is 1.04. The van der Waals surface area contributed by atoms with Crippen molar-refractivity contribution in [2.75, 3.05) is 16.0 Å². The van der Waals surface area contributed by atoms with Gasteiger partial charge < -0.3 is 5.32 Å². The molecule has 0 spiro atoms. The Balaban J connectivity index is 1.56. The van der Waals surface area contributed by atoms with E-state index in [0.29, 0.717) is 16.9 Å². The van der Waals surface area contributed by atoms with Gasteiger partial charge in [0.05, 0.1) is 11.3 Å². The summed E-state index contributed by atoms with van der Waals surface area (Å²) in [5.74, 6) is -0.912. The van der Waals surface area contributed by atoms with E-state index in [-0.39, 0.29) is 17.2 Å². The Bertz CT molecular complexity index is 1150. The number of hydrogen-bond donors (Lipinski definition) is 1. The van der Waals surface area contributed by atoms with Crippen LogP contribution in [0.4, 0.5) is 28.9 Å². The fourth-order valence-electron chi connectivity index (χ4n) is 3.34. The first-order valence-corrected chi connectivity index (χ1v) is 10.5. The van der Waals surface area contributed by atoms with Crippen LogP contribution in [0.1, 0.15) is 26.9 Å². The topological polar surface area (TPSA) is 49.4 Å². The lowest BCUT2D eigenvalue weighted by Crippen LogP contribution is -2.28. The molecule has 1 saturated heterocycles. The van der Waals surface area contributed by atoms with E-state index in [2.05, 4.69) is 5.32 Å². The van der Waals surface area contributed by atoms with E-state index < -0.39 is 28.8 Å². The molecule has 0 saturated carbocycles. The molecule has 1 atom stereocenters. The number of hydrogen-bond acceptors (Lipinski definition) is 3. The molecular weight excluding hydrogens is 444 g/mol. The predicted octanol–water partition coefficient (Wildman–Crippen LogP) is 5.88. The van der Waals surface area contributed by atoms with Gasteiger partial charge in [0.25, 0.3) is 5.91 Å². The Morgan fingerprint density at radius 2 is 1.69 bits per heavy atom. The highest BCUT2D eigenvalue weighted by Gasteiger charge is 2.35. The summed E-state index contributed by atoms with van der Waals surface area (Å²) < 4.78 is 51.7. The summed E-state index contributed by atoms with van der Waals surface area (Å²) in [6.07, 6.45) is -4.46. The third-order valence-electron chi connectivity index (χ3n) is 4.88. The maximum absolute atomic E-state index is 13.1. The molecule has 0 radical (unpaired) electrons. The minimum absolute atomic E-state index is 0.178. The highest BCUT2D eigenvalue weighted by Crippen LogP contribution is 2.43. The number of amides is 2. The van der Waals surface area contributed by atoms with E-state index >= 15 is 0 Å². The number of benzene rings is 3. The van der Waals surface area contributed by atoms with Gasteiger partial charge in [-0.3, -0.25) is 14.5 Å². The minimum Gasteiger partial charge on any atom is -0.322 e. The molecule has 0 bridgehead atoms. The standard InChI is InChI=1S/C23H16F4N2O2S/c24-17-8-4-14(5-9-17)21(31)28-18-3-1-2-15(12-18)22-29(20(30)13-32-22)19-10-6-16(7-11-19)23(25,26)27/h1-12,22H,13H2,(H,28,31)/t22-/m0/s1. The second-order valence-corrected chi connectivity index (χ2v) is 8.13. The maximum Gasteiger partial charge on any atom is 0.416 e. The zero-order valence-corrected chi connectivity index (χ0v) is 17.2. The Morgan fingerprint density at radius 3 is 2.34 bits per heavy atom. The maximum atomic E-state index is 13.1. The molecule has 3 aromatic carbocycles. The van der Waals surface area contributed by atoms with Gasteiger partial charge in [-0.25, -0.2) is 4.39 Å². The summed E-state index contributed by atoms with van der Waals surface area (Å²) in [7, 11) is 0. The van der Waals surface area contributed by atoms with Crippen LogP contribution < -0.4 is 10.2 Å². The number of carbonyl (C=O) groups excluding carboxylic acids is 2. The number of nitrogens with zero attached hydrogens (tertiary/aromatic N) is 1. The van der Waals surface area contributed by atoms with Gasteiger partial charge in [-0.2, -0.15) is 13.2 Å². The van der Waals surface area contributed by atoms with Gasteiger partial charge in [-0.05, 0) is 66.2 Å². The number of alkyl halides is 3. The molecule has 32 heavy (non-hydrogen) atoms. The number of thioether (sulfide) groups is 1. The number of nitrogens with one attached hydrogen (secondary N) is 1. The van der Waals surface area contributed by atoms with E-state index in [1.165, 1.54) is 53.1 Å². The van der Waals surface area contributed by atoms with Crippen LogP contribution in [0, 0.1) is 5.82 Å². The molecule has 0 aliphatic carbocycles.